The van der Waals surface area contributed by atoms with Crippen molar-refractivity contribution in [2.24, 2.45) is 0 Å². The highest BCUT2D eigenvalue weighted by molar-refractivity contribution is 5.41. The summed E-state index contributed by atoms with van der Waals surface area (Å²) in [6.07, 6.45) is -1.35. The second kappa shape index (κ2) is 7.99. The standard InChI is InChI=1S/C14H22O5/c1-4-18-8-11(16)9-19-14-7-12(17-3)5-6-13(14)10(2)15/h5-7,10-11,15-16H,4,8-9H2,1-3H3. The summed E-state index contributed by atoms with van der Waals surface area (Å²) in [5.41, 5.74) is 0.657. The Bertz CT molecular complexity index is 378. The second-order valence-corrected chi connectivity index (χ2v) is 4.20. The fraction of sp³-hybridized carbons (Fsp3) is 0.571. The molecule has 5 heteroatoms. The van der Waals surface area contributed by atoms with Gasteiger partial charge < -0.3 is 24.4 Å². The molecule has 108 valence electrons. The van der Waals surface area contributed by atoms with Crippen molar-refractivity contribution in [3.05, 3.63) is 23.8 Å². The van der Waals surface area contributed by atoms with Crippen molar-refractivity contribution >= 4 is 0 Å². The molecule has 19 heavy (non-hydrogen) atoms. The smallest absolute Gasteiger partial charge is 0.128 e. The average molecular weight is 270 g/mol. The minimum Gasteiger partial charge on any atom is -0.497 e. The van der Waals surface area contributed by atoms with E-state index in [0.29, 0.717) is 23.7 Å². The van der Waals surface area contributed by atoms with E-state index in [-0.39, 0.29) is 13.2 Å². The first-order valence-corrected chi connectivity index (χ1v) is 6.33. The predicted molar refractivity (Wildman–Crippen MR) is 71.6 cm³/mol. The van der Waals surface area contributed by atoms with E-state index in [0.717, 1.165) is 0 Å². The molecule has 1 aromatic carbocycles. The summed E-state index contributed by atoms with van der Waals surface area (Å²) >= 11 is 0. The van der Waals surface area contributed by atoms with E-state index in [9.17, 15) is 10.2 Å². The van der Waals surface area contributed by atoms with Gasteiger partial charge in [-0.05, 0) is 26.0 Å². The molecule has 2 N–H and O–H groups in total. The molecule has 1 aromatic rings. The molecular formula is C14H22O5. The number of aliphatic hydroxyl groups excluding tert-OH is 2. The fourth-order valence-electron chi connectivity index (χ4n) is 1.60. The molecule has 2 atom stereocenters. The van der Waals surface area contributed by atoms with E-state index in [2.05, 4.69) is 0 Å². The zero-order valence-electron chi connectivity index (χ0n) is 11.6. The predicted octanol–water partition coefficient (Wildman–Crippen LogP) is 1.52. The van der Waals surface area contributed by atoms with Crippen molar-refractivity contribution in [1.82, 2.24) is 0 Å². The Balaban J connectivity index is 2.69. The Morgan fingerprint density at radius 1 is 1.21 bits per heavy atom. The minimum absolute atomic E-state index is 0.104. The third-order valence-electron chi connectivity index (χ3n) is 2.62. The number of ether oxygens (including phenoxy) is 3. The minimum atomic E-state index is -0.701. The average Bonchev–Trinajstić information content (AvgIpc) is 2.42. The summed E-state index contributed by atoms with van der Waals surface area (Å²) in [5, 5.41) is 19.3. The van der Waals surface area contributed by atoms with Crippen LogP contribution in [-0.4, -0.2) is 43.2 Å². The van der Waals surface area contributed by atoms with Crippen LogP contribution in [0.25, 0.3) is 0 Å². The summed E-state index contributed by atoms with van der Waals surface area (Å²) in [7, 11) is 1.56. The van der Waals surface area contributed by atoms with Crippen LogP contribution >= 0.6 is 0 Å². The van der Waals surface area contributed by atoms with Crippen LogP contribution in [0.3, 0.4) is 0 Å². The summed E-state index contributed by atoms with van der Waals surface area (Å²) in [4.78, 5) is 0. The molecule has 1 rings (SSSR count). The number of hydrogen-bond donors (Lipinski definition) is 2. The Morgan fingerprint density at radius 3 is 2.53 bits per heavy atom. The lowest BCUT2D eigenvalue weighted by atomic mass is 10.1. The summed E-state index contributed by atoms with van der Waals surface area (Å²) in [5.74, 6) is 1.14. The van der Waals surface area contributed by atoms with Crippen LogP contribution in [0.5, 0.6) is 11.5 Å². The van der Waals surface area contributed by atoms with Gasteiger partial charge in [-0.25, -0.2) is 0 Å². The lowest BCUT2D eigenvalue weighted by molar-refractivity contribution is 0.0157. The lowest BCUT2D eigenvalue weighted by Gasteiger charge is -2.17. The molecule has 2 unspecified atom stereocenters. The van der Waals surface area contributed by atoms with Crippen molar-refractivity contribution in [1.29, 1.82) is 0 Å². The quantitative estimate of drug-likeness (QED) is 0.749. The molecule has 5 nitrogen and oxygen atoms in total. The number of hydrogen-bond acceptors (Lipinski definition) is 5. The molecule has 0 aliphatic rings. The number of aliphatic hydroxyl groups is 2. The van der Waals surface area contributed by atoms with E-state index in [1.165, 1.54) is 0 Å². The number of methoxy groups -OCH3 is 1. The van der Waals surface area contributed by atoms with E-state index in [1.807, 2.05) is 6.92 Å². The zero-order chi connectivity index (χ0) is 14.3. The highest BCUT2D eigenvalue weighted by Gasteiger charge is 2.12. The molecule has 0 fully saturated rings. The summed E-state index contributed by atoms with van der Waals surface area (Å²) in [6.45, 7) is 4.40. The lowest BCUT2D eigenvalue weighted by Crippen LogP contribution is -2.23. The van der Waals surface area contributed by atoms with Gasteiger partial charge >= 0.3 is 0 Å². The third-order valence-corrected chi connectivity index (χ3v) is 2.62. The van der Waals surface area contributed by atoms with Crippen LogP contribution in [0.4, 0.5) is 0 Å². The van der Waals surface area contributed by atoms with Crippen LogP contribution in [0.2, 0.25) is 0 Å². The van der Waals surface area contributed by atoms with Crippen molar-refractivity contribution in [3.8, 4) is 11.5 Å². The molecule has 0 radical (unpaired) electrons. The van der Waals surface area contributed by atoms with Crippen LogP contribution < -0.4 is 9.47 Å². The first-order valence-electron chi connectivity index (χ1n) is 6.33. The van der Waals surface area contributed by atoms with E-state index >= 15 is 0 Å². The summed E-state index contributed by atoms with van der Waals surface area (Å²) in [6, 6.07) is 5.19. The van der Waals surface area contributed by atoms with Gasteiger partial charge in [0.25, 0.3) is 0 Å². The van der Waals surface area contributed by atoms with Gasteiger partial charge in [0, 0.05) is 18.2 Å². The normalized spacial score (nSPS) is 13.9. The van der Waals surface area contributed by atoms with E-state index in [4.69, 9.17) is 14.2 Å². The third kappa shape index (κ3) is 5.06. The fourth-order valence-corrected chi connectivity index (χ4v) is 1.60. The van der Waals surface area contributed by atoms with Gasteiger partial charge in [-0.1, -0.05) is 0 Å². The van der Waals surface area contributed by atoms with E-state index in [1.54, 1.807) is 32.2 Å². The van der Waals surface area contributed by atoms with Gasteiger partial charge in [-0.3, -0.25) is 0 Å². The highest BCUT2D eigenvalue weighted by Crippen LogP contribution is 2.29. The number of rotatable bonds is 8. The largest absolute Gasteiger partial charge is 0.497 e. The molecule has 0 spiro atoms. The molecule has 0 saturated heterocycles. The van der Waals surface area contributed by atoms with Crippen LogP contribution in [-0.2, 0) is 4.74 Å². The maximum atomic E-state index is 9.67. The maximum absolute atomic E-state index is 9.67. The van der Waals surface area contributed by atoms with Crippen molar-refractivity contribution in [3.63, 3.8) is 0 Å². The van der Waals surface area contributed by atoms with Gasteiger partial charge in [0.2, 0.25) is 0 Å². The first kappa shape index (κ1) is 15.8. The van der Waals surface area contributed by atoms with Gasteiger partial charge in [0.15, 0.2) is 0 Å². The van der Waals surface area contributed by atoms with Crippen LogP contribution in [0, 0.1) is 0 Å². The molecule has 0 heterocycles. The monoisotopic (exact) mass is 270 g/mol. The molecule has 0 bridgehead atoms. The highest BCUT2D eigenvalue weighted by atomic mass is 16.5. The van der Waals surface area contributed by atoms with Gasteiger partial charge in [-0.15, -0.1) is 0 Å². The molecule has 0 amide bonds. The summed E-state index contributed by atoms with van der Waals surface area (Å²) < 4.78 is 15.7. The van der Waals surface area contributed by atoms with Crippen molar-refractivity contribution in [2.75, 3.05) is 26.9 Å². The first-order chi connectivity index (χ1) is 9.08. The molecule has 0 aliphatic carbocycles. The van der Waals surface area contributed by atoms with E-state index < -0.39 is 12.2 Å². The Labute approximate surface area is 113 Å². The SMILES string of the molecule is CCOCC(O)COc1cc(OC)ccc1C(C)O. The Hall–Kier alpha value is -1.30. The number of benzene rings is 1. The topological polar surface area (TPSA) is 68.2 Å². The Morgan fingerprint density at radius 2 is 1.95 bits per heavy atom. The Kier molecular flexibility index (Phi) is 6.62. The van der Waals surface area contributed by atoms with Crippen molar-refractivity contribution in [2.45, 2.75) is 26.1 Å². The van der Waals surface area contributed by atoms with Gasteiger partial charge in [0.05, 0.1) is 19.8 Å². The molecule has 0 saturated carbocycles. The molecule has 0 aromatic heterocycles. The van der Waals surface area contributed by atoms with Gasteiger partial charge in [-0.2, -0.15) is 0 Å². The van der Waals surface area contributed by atoms with Crippen LogP contribution in [0.15, 0.2) is 18.2 Å². The van der Waals surface area contributed by atoms with Crippen LogP contribution in [0.1, 0.15) is 25.5 Å². The zero-order valence-corrected chi connectivity index (χ0v) is 11.6. The second-order valence-electron chi connectivity index (χ2n) is 4.20. The molecule has 0 aliphatic heterocycles. The molecular weight excluding hydrogens is 248 g/mol. The van der Waals surface area contributed by atoms with Gasteiger partial charge in [0.1, 0.15) is 24.2 Å². The maximum Gasteiger partial charge on any atom is 0.128 e. The van der Waals surface area contributed by atoms with Crippen molar-refractivity contribution < 1.29 is 24.4 Å².